The second kappa shape index (κ2) is 10.4. The highest BCUT2D eigenvalue weighted by Crippen LogP contribution is 2.27. The summed E-state index contributed by atoms with van der Waals surface area (Å²) in [6.07, 6.45) is 0.266. The molecule has 24 heavy (non-hydrogen) atoms. The standard InChI is InChI=1S/C18H22ClNO3.ClH/c1-22-17-7-6-13(10-18(17)23-2)8-9-20-12-16(21)14-4-3-5-15(19)11-14;/h3-7,10-11,16,20-21H,8-9,12H2,1-2H3;1H. The normalized spacial score (nSPS) is 11.5. The Kier molecular flexibility index (Phi) is 8.93. The minimum atomic E-state index is -0.570. The lowest BCUT2D eigenvalue weighted by Gasteiger charge is -2.13. The predicted molar refractivity (Wildman–Crippen MR) is 99.8 cm³/mol. The second-order valence-corrected chi connectivity index (χ2v) is 5.65. The molecule has 2 aromatic carbocycles. The van der Waals surface area contributed by atoms with Crippen molar-refractivity contribution in [2.45, 2.75) is 12.5 Å². The molecule has 0 amide bonds. The third-order valence-corrected chi connectivity index (χ3v) is 3.84. The lowest BCUT2D eigenvalue weighted by atomic mass is 10.1. The highest BCUT2D eigenvalue weighted by Gasteiger charge is 2.08. The van der Waals surface area contributed by atoms with E-state index in [-0.39, 0.29) is 12.4 Å². The van der Waals surface area contributed by atoms with E-state index in [1.807, 2.05) is 30.3 Å². The molecule has 0 aliphatic rings. The average molecular weight is 372 g/mol. The quantitative estimate of drug-likeness (QED) is 0.695. The van der Waals surface area contributed by atoms with Gasteiger partial charge in [-0.2, -0.15) is 0 Å². The fourth-order valence-electron chi connectivity index (χ4n) is 2.34. The van der Waals surface area contributed by atoms with Gasteiger partial charge in [0.15, 0.2) is 11.5 Å². The van der Waals surface area contributed by atoms with Gasteiger partial charge in [0.25, 0.3) is 0 Å². The van der Waals surface area contributed by atoms with Crippen LogP contribution in [0.3, 0.4) is 0 Å². The van der Waals surface area contributed by atoms with Crippen LogP contribution < -0.4 is 14.8 Å². The summed E-state index contributed by atoms with van der Waals surface area (Å²) in [6, 6.07) is 13.2. The number of hydrogen-bond donors (Lipinski definition) is 2. The van der Waals surface area contributed by atoms with E-state index in [1.165, 1.54) is 0 Å². The molecule has 2 rings (SSSR count). The first kappa shape index (κ1) is 20.6. The van der Waals surface area contributed by atoms with Gasteiger partial charge in [0.1, 0.15) is 0 Å². The molecule has 2 N–H and O–H groups in total. The predicted octanol–water partition coefficient (Wildman–Crippen LogP) is 3.64. The van der Waals surface area contributed by atoms with Gasteiger partial charge in [0, 0.05) is 11.6 Å². The van der Waals surface area contributed by atoms with E-state index in [9.17, 15) is 5.11 Å². The summed E-state index contributed by atoms with van der Waals surface area (Å²) in [5, 5.41) is 14.0. The van der Waals surface area contributed by atoms with Crippen molar-refractivity contribution in [2.24, 2.45) is 0 Å². The summed E-state index contributed by atoms with van der Waals surface area (Å²) >= 11 is 5.93. The van der Waals surface area contributed by atoms with Crippen LogP contribution in [0.4, 0.5) is 0 Å². The minimum absolute atomic E-state index is 0. The summed E-state index contributed by atoms with van der Waals surface area (Å²) in [6.45, 7) is 1.24. The molecule has 1 atom stereocenters. The van der Waals surface area contributed by atoms with Crippen molar-refractivity contribution in [3.05, 3.63) is 58.6 Å². The Labute approximate surface area is 154 Å². The molecule has 0 radical (unpaired) electrons. The average Bonchev–Trinajstić information content (AvgIpc) is 2.58. The number of ether oxygens (including phenoxy) is 2. The maximum atomic E-state index is 10.1. The Hall–Kier alpha value is -1.46. The van der Waals surface area contributed by atoms with Crippen molar-refractivity contribution in [2.75, 3.05) is 27.3 Å². The number of aliphatic hydroxyl groups excluding tert-OH is 1. The van der Waals surface area contributed by atoms with Crippen molar-refractivity contribution in [1.29, 1.82) is 0 Å². The molecule has 0 aliphatic carbocycles. The third kappa shape index (κ3) is 5.87. The largest absolute Gasteiger partial charge is 0.493 e. The molecule has 0 aliphatic heterocycles. The molecule has 4 nitrogen and oxygen atoms in total. The van der Waals surface area contributed by atoms with Gasteiger partial charge in [-0.05, 0) is 48.4 Å². The van der Waals surface area contributed by atoms with Crippen molar-refractivity contribution in [1.82, 2.24) is 5.32 Å². The Balaban J connectivity index is 0.00000288. The van der Waals surface area contributed by atoms with Crippen LogP contribution in [0.25, 0.3) is 0 Å². The van der Waals surface area contributed by atoms with E-state index in [0.717, 1.165) is 35.6 Å². The Morgan fingerprint density at radius 3 is 2.50 bits per heavy atom. The summed E-state index contributed by atoms with van der Waals surface area (Å²) < 4.78 is 10.5. The van der Waals surface area contributed by atoms with Crippen LogP contribution in [0.15, 0.2) is 42.5 Å². The molecule has 6 heteroatoms. The molecule has 0 aromatic heterocycles. The Bertz CT molecular complexity index is 637. The van der Waals surface area contributed by atoms with E-state index in [0.29, 0.717) is 11.6 Å². The lowest BCUT2D eigenvalue weighted by Crippen LogP contribution is -2.23. The highest BCUT2D eigenvalue weighted by atomic mass is 35.5. The third-order valence-electron chi connectivity index (χ3n) is 3.61. The number of rotatable bonds is 8. The van der Waals surface area contributed by atoms with Crippen LogP contribution in [-0.2, 0) is 6.42 Å². The summed E-state index contributed by atoms with van der Waals surface area (Å²) in [5.74, 6) is 1.45. The fourth-order valence-corrected chi connectivity index (χ4v) is 2.54. The first-order valence-electron chi connectivity index (χ1n) is 7.49. The van der Waals surface area contributed by atoms with Gasteiger partial charge in [-0.15, -0.1) is 12.4 Å². The van der Waals surface area contributed by atoms with Gasteiger partial charge in [-0.25, -0.2) is 0 Å². The number of aliphatic hydroxyl groups is 1. The van der Waals surface area contributed by atoms with E-state index in [4.69, 9.17) is 21.1 Å². The maximum Gasteiger partial charge on any atom is 0.160 e. The summed E-state index contributed by atoms with van der Waals surface area (Å²) in [5.41, 5.74) is 1.96. The summed E-state index contributed by atoms with van der Waals surface area (Å²) in [7, 11) is 3.25. The molecule has 132 valence electrons. The fraction of sp³-hybridized carbons (Fsp3) is 0.333. The van der Waals surface area contributed by atoms with Crippen molar-refractivity contribution in [3.8, 4) is 11.5 Å². The van der Waals surface area contributed by atoms with E-state index in [1.54, 1.807) is 26.4 Å². The Morgan fingerprint density at radius 2 is 1.83 bits per heavy atom. The number of hydrogen-bond acceptors (Lipinski definition) is 4. The van der Waals surface area contributed by atoms with Crippen LogP contribution >= 0.6 is 24.0 Å². The van der Waals surface area contributed by atoms with Gasteiger partial charge in [0.2, 0.25) is 0 Å². The number of halogens is 2. The maximum absolute atomic E-state index is 10.1. The molecule has 0 bridgehead atoms. The van der Waals surface area contributed by atoms with Crippen molar-refractivity contribution in [3.63, 3.8) is 0 Å². The topological polar surface area (TPSA) is 50.7 Å². The molecule has 0 saturated heterocycles. The first-order valence-corrected chi connectivity index (χ1v) is 7.87. The zero-order valence-electron chi connectivity index (χ0n) is 13.8. The minimum Gasteiger partial charge on any atom is -0.493 e. The molecule has 0 saturated carbocycles. The molecule has 0 heterocycles. The zero-order chi connectivity index (χ0) is 16.7. The van der Waals surface area contributed by atoms with Crippen molar-refractivity contribution < 1.29 is 14.6 Å². The van der Waals surface area contributed by atoms with Crippen LogP contribution in [0.1, 0.15) is 17.2 Å². The second-order valence-electron chi connectivity index (χ2n) is 5.21. The zero-order valence-corrected chi connectivity index (χ0v) is 15.4. The molecule has 0 fully saturated rings. The van der Waals surface area contributed by atoms with Crippen LogP contribution in [0.2, 0.25) is 5.02 Å². The van der Waals surface area contributed by atoms with Gasteiger partial charge < -0.3 is 19.9 Å². The Morgan fingerprint density at radius 1 is 1.08 bits per heavy atom. The van der Waals surface area contributed by atoms with Gasteiger partial charge in [0.05, 0.1) is 20.3 Å². The molecular weight excluding hydrogens is 349 g/mol. The monoisotopic (exact) mass is 371 g/mol. The van der Waals surface area contributed by atoms with Crippen LogP contribution in [-0.4, -0.2) is 32.4 Å². The van der Waals surface area contributed by atoms with Crippen molar-refractivity contribution >= 4 is 24.0 Å². The first-order chi connectivity index (χ1) is 11.1. The molecular formula is C18H23Cl2NO3. The lowest BCUT2D eigenvalue weighted by molar-refractivity contribution is 0.175. The smallest absolute Gasteiger partial charge is 0.160 e. The number of benzene rings is 2. The summed E-state index contributed by atoms with van der Waals surface area (Å²) in [4.78, 5) is 0. The van der Waals surface area contributed by atoms with E-state index < -0.39 is 6.10 Å². The van der Waals surface area contributed by atoms with Gasteiger partial charge >= 0.3 is 0 Å². The van der Waals surface area contributed by atoms with Gasteiger partial charge in [-0.3, -0.25) is 0 Å². The highest BCUT2D eigenvalue weighted by molar-refractivity contribution is 6.30. The number of methoxy groups -OCH3 is 2. The van der Waals surface area contributed by atoms with Gasteiger partial charge in [-0.1, -0.05) is 29.8 Å². The number of nitrogens with one attached hydrogen (secondary N) is 1. The van der Waals surface area contributed by atoms with Crippen LogP contribution in [0.5, 0.6) is 11.5 Å². The molecule has 2 aromatic rings. The molecule has 0 spiro atoms. The van der Waals surface area contributed by atoms with Crippen LogP contribution in [0, 0.1) is 0 Å². The van der Waals surface area contributed by atoms with E-state index >= 15 is 0 Å². The molecule has 1 unspecified atom stereocenters. The van der Waals surface area contributed by atoms with E-state index in [2.05, 4.69) is 5.32 Å². The SMILES string of the molecule is COc1ccc(CCNCC(O)c2cccc(Cl)c2)cc1OC.Cl.